The minimum atomic E-state index is -3.22. The molecule has 4 nitrogen and oxygen atoms in total. The maximum absolute atomic E-state index is 11.7. The molecule has 0 fully saturated rings. The van der Waals surface area contributed by atoms with E-state index in [9.17, 15) is 13.5 Å². The Morgan fingerprint density at radius 1 is 1.33 bits per heavy atom. The van der Waals surface area contributed by atoms with Crippen LogP contribution in [-0.4, -0.2) is 42.8 Å². The van der Waals surface area contributed by atoms with Crippen molar-refractivity contribution in [1.82, 2.24) is 4.31 Å². The normalized spacial score (nSPS) is 13.9. The van der Waals surface area contributed by atoms with E-state index >= 15 is 0 Å². The first kappa shape index (κ1) is 14.9. The van der Waals surface area contributed by atoms with E-state index in [1.807, 2.05) is 13.8 Å². The molecule has 92 valence electrons. The molecule has 0 aromatic carbocycles. The Morgan fingerprint density at radius 3 is 2.13 bits per heavy atom. The van der Waals surface area contributed by atoms with Crippen molar-refractivity contribution < 1.29 is 13.5 Å². The molecular weight excluding hydrogens is 214 g/mol. The lowest BCUT2D eigenvalue weighted by Crippen LogP contribution is -2.40. The van der Waals surface area contributed by atoms with Crippen molar-refractivity contribution in [1.29, 1.82) is 0 Å². The van der Waals surface area contributed by atoms with Crippen molar-refractivity contribution in [2.24, 2.45) is 5.92 Å². The zero-order valence-electron chi connectivity index (χ0n) is 10.3. The van der Waals surface area contributed by atoms with Gasteiger partial charge in [-0.2, -0.15) is 0 Å². The Balaban J connectivity index is 4.34. The van der Waals surface area contributed by atoms with Crippen LogP contribution in [0.5, 0.6) is 0 Å². The molecule has 1 N–H and O–H groups in total. The van der Waals surface area contributed by atoms with Gasteiger partial charge >= 0.3 is 0 Å². The van der Waals surface area contributed by atoms with Crippen LogP contribution in [-0.2, 0) is 10.0 Å². The summed E-state index contributed by atoms with van der Waals surface area (Å²) in [5.41, 5.74) is -0.986. The molecule has 0 aliphatic heterocycles. The summed E-state index contributed by atoms with van der Waals surface area (Å²) in [5.74, 6) is 0.521. The molecule has 15 heavy (non-hydrogen) atoms. The van der Waals surface area contributed by atoms with E-state index in [2.05, 4.69) is 0 Å². The van der Waals surface area contributed by atoms with Crippen LogP contribution in [0.2, 0.25) is 0 Å². The van der Waals surface area contributed by atoms with Crippen molar-refractivity contribution in [2.45, 2.75) is 39.7 Å². The van der Waals surface area contributed by atoms with Gasteiger partial charge < -0.3 is 5.11 Å². The predicted molar refractivity (Wildman–Crippen MR) is 62.2 cm³/mol. The molecule has 0 aliphatic rings. The number of nitrogens with zero attached hydrogens (tertiary/aromatic N) is 1. The van der Waals surface area contributed by atoms with Crippen LogP contribution >= 0.6 is 0 Å². The van der Waals surface area contributed by atoms with Gasteiger partial charge in [0.1, 0.15) is 0 Å². The van der Waals surface area contributed by atoms with Gasteiger partial charge in [0.15, 0.2) is 0 Å². The average Bonchev–Trinajstić information content (AvgIpc) is 1.97. The van der Waals surface area contributed by atoms with Gasteiger partial charge in [0.2, 0.25) is 10.0 Å². The number of likely N-dealkylation sites (N-methyl/N-ethyl adjacent to an activating group) is 1. The number of hydrogen-bond donors (Lipinski definition) is 1. The van der Waals surface area contributed by atoms with E-state index in [0.29, 0.717) is 12.3 Å². The fourth-order valence-electron chi connectivity index (χ4n) is 1.18. The molecule has 0 radical (unpaired) electrons. The Morgan fingerprint density at radius 2 is 1.80 bits per heavy atom. The average molecular weight is 237 g/mol. The second-order valence-corrected chi connectivity index (χ2v) is 7.26. The van der Waals surface area contributed by atoms with E-state index in [4.69, 9.17) is 0 Å². The van der Waals surface area contributed by atoms with E-state index in [1.54, 1.807) is 13.8 Å². The first-order valence-electron chi connectivity index (χ1n) is 5.21. The number of hydrogen-bond acceptors (Lipinski definition) is 3. The molecule has 0 aromatic heterocycles. The highest BCUT2D eigenvalue weighted by Crippen LogP contribution is 2.10. The van der Waals surface area contributed by atoms with Crippen LogP contribution in [0.4, 0.5) is 0 Å². The fraction of sp³-hybridized carbons (Fsp3) is 1.00. The minimum Gasteiger partial charge on any atom is -0.389 e. The molecule has 0 saturated heterocycles. The first-order chi connectivity index (χ1) is 6.54. The summed E-state index contributed by atoms with van der Waals surface area (Å²) in [6.07, 6.45) is 0.651. The van der Waals surface area contributed by atoms with Gasteiger partial charge in [-0.1, -0.05) is 13.8 Å². The molecule has 0 saturated carbocycles. The molecule has 0 spiro atoms. The summed E-state index contributed by atoms with van der Waals surface area (Å²) in [4.78, 5) is 0. The molecule has 0 aliphatic carbocycles. The second-order valence-electron chi connectivity index (χ2n) is 5.07. The van der Waals surface area contributed by atoms with Crippen molar-refractivity contribution in [3.8, 4) is 0 Å². The minimum absolute atomic E-state index is 0.132. The quantitative estimate of drug-likeness (QED) is 0.751. The van der Waals surface area contributed by atoms with Crippen LogP contribution in [0.3, 0.4) is 0 Å². The van der Waals surface area contributed by atoms with E-state index < -0.39 is 15.6 Å². The van der Waals surface area contributed by atoms with Gasteiger partial charge in [-0.3, -0.25) is 0 Å². The van der Waals surface area contributed by atoms with Gasteiger partial charge in [-0.15, -0.1) is 0 Å². The second kappa shape index (κ2) is 5.27. The summed E-state index contributed by atoms with van der Waals surface area (Å²) >= 11 is 0. The van der Waals surface area contributed by atoms with Crippen molar-refractivity contribution in [3.63, 3.8) is 0 Å². The molecule has 0 amide bonds. The zero-order chi connectivity index (χ0) is 12.3. The maximum Gasteiger partial charge on any atom is 0.213 e. The van der Waals surface area contributed by atoms with Crippen molar-refractivity contribution in [2.75, 3.05) is 19.3 Å². The van der Waals surface area contributed by atoms with E-state index in [1.165, 1.54) is 11.4 Å². The smallest absolute Gasteiger partial charge is 0.213 e. The maximum atomic E-state index is 11.7. The first-order valence-corrected chi connectivity index (χ1v) is 6.82. The van der Waals surface area contributed by atoms with E-state index in [0.717, 1.165) is 0 Å². The number of rotatable bonds is 6. The van der Waals surface area contributed by atoms with Gasteiger partial charge in [0.05, 0.1) is 11.4 Å². The third-order valence-corrected chi connectivity index (χ3v) is 3.87. The highest BCUT2D eigenvalue weighted by Gasteiger charge is 2.24. The van der Waals surface area contributed by atoms with Crippen LogP contribution in [0.1, 0.15) is 34.1 Å². The topological polar surface area (TPSA) is 57.6 Å². The summed E-state index contributed by atoms with van der Waals surface area (Å²) in [5, 5.41) is 9.52. The monoisotopic (exact) mass is 237 g/mol. The number of sulfonamides is 1. The molecule has 0 bridgehead atoms. The van der Waals surface area contributed by atoms with Crippen LogP contribution < -0.4 is 0 Å². The fourth-order valence-corrected chi connectivity index (χ4v) is 2.78. The van der Waals surface area contributed by atoms with Gasteiger partial charge in [-0.05, 0) is 26.2 Å². The summed E-state index contributed by atoms with van der Waals surface area (Å²) in [6.45, 7) is 7.31. The Hall–Kier alpha value is -0.130. The van der Waals surface area contributed by atoms with Crippen LogP contribution in [0, 0.1) is 5.92 Å². The molecular formula is C10H23NO3S. The van der Waals surface area contributed by atoms with Crippen LogP contribution in [0.15, 0.2) is 0 Å². The van der Waals surface area contributed by atoms with E-state index in [-0.39, 0.29) is 12.3 Å². The highest BCUT2D eigenvalue weighted by molar-refractivity contribution is 7.89. The molecule has 0 rings (SSSR count). The summed E-state index contributed by atoms with van der Waals surface area (Å²) in [6, 6.07) is 0. The highest BCUT2D eigenvalue weighted by atomic mass is 32.2. The van der Waals surface area contributed by atoms with Gasteiger partial charge in [0, 0.05) is 13.6 Å². The third kappa shape index (κ3) is 6.87. The summed E-state index contributed by atoms with van der Waals surface area (Å²) in [7, 11) is -1.71. The van der Waals surface area contributed by atoms with Crippen molar-refractivity contribution in [3.05, 3.63) is 0 Å². The molecule has 5 heteroatoms. The van der Waals surface area contributed by atoms with Gasteiger partial charge in [-0.25, -0.2) is 12.7 Å². The van der Waals surface area contributed by atoms with Crippen molar-refractivity contribution >= 4 is 10.0 Å². The molecule has 0 atom stereocenters. The lowest BCUT2D eigenvalue weighted by Gasteiger charge is -2.25. The molecule has 0 unspecified atom stereocenters. The predicted octanol–water partition coefficient (Wildman–Crippen LogP) is 1.06. The lowest BCUT2D eigenvalue weighted by molar-refractivity contribution is 0.0640. The summed E-state index contributed by atoms with van der Waals surface area (Å²) < 4.78 is 24.7. The third-order valence-electron chi connectivity index (χ3n) is 2.04. The largest absolute Gasteiger partial charge is 0.389 e. The Labute approximate surface area is 93.3 Å². The molecule has 0 heterocycles. The number of aliphatic hydroxyl groups is 1. The van der Waals surface area contributed by atoms with Gasteiger partial charge in [0.25, 0.3) is 0 Å². The standard InChI is InChI=1S/C10H23NO3S/c1-9(2)6-7-15(13,14)11(5)8-10(3,4)12/h9,12H,6-8H2,1-5H3. The molecule has 0 aromatic rings. The van der Waals surface area contributed by atoms with Crippen LogP contribution in [0.25, 0.3) is 0 Å². The SMILES string of the molecule is CC(C)CCS(=O)(=O)N(C)CC(C)(C)O. The Kier molecular flexibility index (Phi) is 5.23. The lowest BCUT2D eigenvalue weighted by atomic mass is 10.1. The Bertz CT molecular complexity index is 278. The zero-order valence-corrected chi connectivity index (χ0v) is 11.1.